The minimum atomic E-state index is -3.01. The van der Waals surface area contributed by atoms with Crippen molar-refractivity contribution in [3.05, 3.63) is 34.3 Å². The molecule has 0 spiro atoms. The summed E-state index contributed by atoms with van der Waals surface area (Å²) >= 11 is 1.70. The van der Waals surface area contributed by atoms with Crippen LogP contribution in [0.3, 0.4) is 0 Å². The number of alkyl halides is 2. The van der Waals surface area contributed by atoms with Crippen molar-refractivity contribution >= 4 is 27.3 Å². The third kappa shape index (κ3) is 5.02. The third-order valence-corrected chi connectivity index (χ3v) is 4.58. The van der Waals surface area contributed by atoms with Gasteiger partial charge in [0, 0.05) is 22.8 Å². The Hall–Kier alpha value is -0.170. The zero-order valence-corrected chi connectivity index (χ0v) is 13.7. The SMILES string of the molecule is CC(F)(F)[C@@H](N[S+]([O-])C(C)(C)C)c1ccc(Br)cc1. The van der Waals surface area contributed by atoms with Crippen LogP contribution in [0.1, 0.15) is 39.3 Å². The maximum absolute atomic E-state index is 13.7. The Labute approximate surface area is 124 Å². The molecule has 0 fully saturated rings. The summed E-state index contributed by atoms with van der Waals surface area (Å²) in [7, 11) is 0. The molecular weight excluding hydrogens is 336 g/mol. The van der Waals surface area contributed by atoms with E-state index in [1.54, 1.807) is 45.0 Å². The molecule has 0 aromatic heterocycles. The summed E-state index contributed by atoms with van der Waals surface area (Å²) in [6.07, 6.45) is 0. The fraction of sp³-hybridized carbons (Fsp3) is 0.538. The molecule has 0 bridgehead atoms. The minimum Gasteiger partial charge on any atom is -0.598 e. The smallest absolute Gasteiger partial charge is 0.268 e. The molecule has 0 amide bonds. The first-order valence-corrected chi connectivity index (χ1v) is 7.77. The molecule has 108 valence electrons. The van der Waals surface area contributed by atoms with Crippen LogP contribution in [0.25, 0.3) is 0 Å². The molecule has 1 aromatic carbocycles. The van der Waals surface area contributed by atoms with Crippen LogP contribution < -0.4 is 4.72 Å². The summed E-state index contributed by atoms with van der Waals surface area (Å²) in [6, 6.07) is 5.30. The Morgan fingerprint density at radius 3 is 2.00 bits per heavy atom. The van der Waals surface area contributed by atoms with Gasteiger partial charge < -0.3 is 4.55 Å². The van der Waals surface area contributed by atoms with E-state index in [1.807, 2.05) is 0 Å². The highest BCUT2D eigenvalue weighted by molar-refractivity contribution is 9.10. The summed E-state index contributed by atoms with van der Waals surface area (Å²) in [5.41, 5.74) is 0.410. The summed E-state index contributed by atoms with van der Waals surface area (Å²) in [5.74, 6) is -3.01. The van der Waals surface area contributed by atoms with E-state index in [1.165, 1.54) is 0 Å². The van der Waals surface area contributed by atoms with Crippen LogP contribution in [0.5, 0.6) is 0 Å². The van der Waals surface area contributed by atoms with E-state index in [4.69, 9.17) is 0 Å². The van der Waals surface area contributed by atoms with Gasteiger partial charge in [-0.05, 0) is 38.5 Å². The van der Waals surface area contributed by atoms with Gasteiger partial charge in [-0.15, -0.1) is 4.72 Å². The van der Waals surface area contributed by atoms with Gasteiger partial charge in [0.1, 0.15) is 10.8 Å². The molecule has 0 radical (unpaired) electrons. The number of benzene rings is 1. The van der Waals surface area contributed by atoms with Crippen molar-refractivity contribution in [1.29, 1.82) is 0 Å². The van der Waals surface area contributed by atoms with Gasteiger partial charge in [-0.1, -0.05) is 28.1 Å². The van der Waals surface area contributed by atoms with Crippen molar-refractivity contribution in [2.24, 2.45) is 0 Å². The molecule has 1 unspecified atom stereocenters. The minimum absolute atomic E-state index is 0.410. The van der Waals surface area contributed by atoms with Crippen LogP contribution >= 0.6 is 15.9 Å². The molecular formula is C13H18BrF2NOS. The topological polar surface area (TPSA) is 35.1 Å². The van der Waals surface area contributed by atoms with E-state index in [0.717, 1.165) is 11.4 Å². The molecule has 19 heavy (non-hydrogen) atoms. The zero-order valence-electron chi connectivity index (χ0n) is 11.3. The molecule has 0 saturated heterocycles. The monoisotopic (exact) mass is 353 g/mol. The predicted octanol–water partition coefficient (Wildman–Crippen LogP) is 4.20. The molecule has 0 heterocycles. The summed E-state index contributed by atoms with van der Waals surface area (Å²) in [5, 5.41) is 0. The van der Waals surface area contributed by atoms with Crippen molar-refractivity contribution in [2.75, 3.05) is 0 Å². The second kappa shape index (κ2) is 6.08. The molecule has 6 heteroatoms. The van der Waals surface area contributed by atoms with Gasteiger partial charge in [0.05, 0.1) is 0 Å². The van der Waals surface area contributed by atoms with Gasteiger partial charge in [-0.3, -0.25) is 0 Å². The Morgan fingerprint density at radius 1 is 1.16 bits per heavy atom. The van der Waals surface area contributed by atoms with E-state index < -0.39 is 28.1 Å². The number of hydrogen-bond donors (Lipinski definition) is 1. The lowest BCUT2D eigenvalue weighted by atomic mass is 10.0. The van der Waals surface area contributed by atoms with Gasteiger partial charge in [0.25, 0.3) is 5.92 Å². The first-order chi connectivity index (χ1) is 8.51. The lowest BCUT2D eigenvalue weighted by Crippen LogP contribution is -2.46. The molecule has 0 saturated carbocycles. The largest absolute Gasteiger partial charge is 0.598 e. The van der Waals surface area contributed by atoms with Crippen molar-refractivity contribution < 1.29 is 13.3 Å². The van der Waals surface area contributed by atoms with E-state index in [-0.39, 0.29) is 0 Å². The second-order valence-electron chi connectivity index (χ2n) is 5.44. The van der Waals surface area contributed by atoms with Crippen LogP contribution in [-0.2, 0) is 11.4 Å². The maximum atomic E-state index is 13.7. The number of halogens is 3. The first kappa shape index (κ1) is 16.9. The van der Waals surface area contributed by atoms with Crippen LogP contribution in [0.4, 0.5) is 8.78 Å². The first-order valence-electron chi connectivity index (χ1n) is 5.83. The third-order valence-electron chi connectivity index (χ3n) is 2.49. The van der Waals surface area contributed by atoms with Gasteiger partial charge in [-0.2, -0.15) is 0 Å². The molecule has 0 aliphatic heterocycles. The normalized spacial score (nSPS) is 16.2. The molecule has 1 N–H and O–H groups in total. The highest BCUT2D eigenvalue weighted by Crippen LogP contribution is 2.33. The Morgan fingerprint density at radius 2 is 1.63 bits per heavy atom. The van der Waals surface area contributed by atoms with E-state index in [9.17, 15) is 13.3 Å². The van der Waals surface area contributed by atoms with Crippen LogP contribution in [0.15, 0.2) is 28.7 Å². The summed E-state index contributed by atoms with van der Waals surface area (Å²) in [4.78, 5) is 0. The Bertz CT molecular complexity index is 414. The average Bonchev–Trinajstić information content (AvgIpc) is 2.24. The van der Waals surface area contributed by atoms with Crippen LogP contribution in [0.2, 0.25) is 0 Å². The van der Waals surface area contributed by atoms with Crippen molar-refractivity contribution in [3.8, 4) is 0 Å². The standard InChI is InChI=1S/C13H18BrF2NOS/c1-12(2,3)19(18)17-11(13(4,15)16)9-5-7-10(14)8-6-9/h5-8,11,17H,1-4H3/t11-,19?/m0/s1. The van der Waals surface area contributed by atoms with Gasteiger partial charge in [-0.25, -0.2) is 8.78 Å². The second-order valence-corrected chi connectivity index (χ2v) is 8.35. The maximum Gasteiger partial charge on any atom is 0.268 e. The lowest BCUT2D eigenvalue weighted by molar-refractivity contribution is -0.0120. The number of nitrogens with one attached hydrogen (secondary N) is 1. The predicted molar refractivity (Wildman–Crippen MR) is 78.5 cm³/mol. The number of rotatable bonds is 4. The zero-order chi connectivity index (χ0) is 14.8. The highest BCUT2D eigenvalue weighted by atomic mass is 79.9. The van der Waals surface area contributed by atoms with Crippen LogP contribution in [0, 0.1) is 0 Å². The van der Waals surface area contributed by atoms with Crippen molar-refractivity contribution in [2.45, 2.75) is 44.4 Å². The van der Waals surface area contributed by atoms with Gasteiger partial charge in [0.2, 0.25) is 0 Å². The fourth-order valence-corrected chi connectivity index (χ4v) is 2.58. The van der Waals surface area contributed by atoms with Crippen molar-refractivity contribution in [3.63, 3.8) is 0 Å². The molecule has 1 rings (SSSR count). The average molecular weight is 354 g/mol. The Balaban J connectivity index is 3.00. The summed E-state index contributed by atoms with van der Waals surface area (Å²) < 4.78 is 42.2. The quantitative estimate of drug-likeness (QED) is 0.823. The molecule has 0 aliphatic rings. The number of hydrogen-bond acceptors (Lipinski definition) is 2. The lowest BCUT2D eigenvalue weighted by Gasteiger charge is -2.30. The molecule has 0 aliphatic carbocycles. The van der Waals surface area contributed by atoms with Crippen LogP contribution in [-0.4, -0.2) is 15.2 Å². The van der Waals surface area contributed by atoms with E-state index in [0.29, 0.717) is 5.56 Å². The molecule has 1 aromatic rings. The highest BCUT2D eigenvalue weighted by Gasteiger charge is 2.41. The van der Waals surface area contributed by atoms with E-state index >= 15 is 0 Å². The van der Waals surface area contributed by atoms with Gasteiger partial charge >= 0.3 is 0 Å². The molecule has 2 nitrogen and oxygen atoms in total. The van der Waals surface area contributed by atoms with Gasteiger partial charge in [0.15, 0.2) is 0 Å². The van der Waals surface area contributed by atoms with E-state index in [2.05, 4.69) is 20.7 Å². The van der Waals surface area contributed by atoms with Crippen molar-refractivity contribution in [1.82, 2.24) is 4.72 Å². The fourth-order valence-electron chi connectivity index (χ4n) is 1.40. The Kier molecular flexibility index (Phi) is 5.40. The molecule has 2 atom stereocenters. The summed E-state index contributed by atoms with van der Waals surface area (Å²) in [6.45, 7) is 6.04.